The van der Waals surface area contributed by atoms with Crippen LogP contribution in [0.4, 0.5) is 4.39 Å². The van der Waals surface area contributed by atoms with Crippen molar-refractivity contribution in [1.29, 1.82) is 5.26 Å². The van der Waals surface area contributed by atoms with Gasteiger partial charge in [0.1, 0.15) is 24.3 Å². The number of nitrogens with zero attached hydrogens (tertiary/aromatic N) is 1. The van der Waals surface area contributed by atoms with E-state index in [1.165, 1.54) is 19.1 Å². The molecule has 1 atom stereocenters. The second kappa shape index (κ2) is 6.83. The van der Waals surface area contributed by atoms with Gasteiger partial charge in [-0.25, -0.2) is 4.39 Å². The predicted octanol–water partition coefficient (Wildman–Crippen LogP) is 3.01. The van der Waals surface area contributed by atoms with E-state index in [-0.39, 0.29) is 23.7 Å². The van der Waals surface area contributed by atoms with Crippen LogP contribution in [0.1, 0.15) is 34.5 Å². The van der Waals surface area contributed by atoms with Gasteiger partial charge in [0, 0.05) is 6.07 Å². The Morgan fingerprint density at radius 1 is 1.32 bits per heavy atom. The lowest BCUT2D eigenvalue weighted by Crippen LogP contribution is -2.11. The Morgan fingerprint density at radius 3 is 2.59 bits per heavy atom. The van der Waals surface area contributed by atoms with Crippen molar-refractivity contribution in [3.63, 3.8) is 0 Å². The molecule has 0 bridgehead atoms. The van der Waals surface area contributed by atoms with Crippen LogP contribution in [0, 0.1) is 17.1 Å². The molecule has 0 aromatic heterocycles. The smallest absolute Gasteiger partial charge is 0.163 e. The maximum Gasteiger partial charge on any atom is 0.163 e. The molecule has 0 saturated carbocycles. The first-order chi connectivity index (χ1) is 10.5. The minimum atomic E-state index is -0.948. The average Bonchev–Trinajstić information content (AvgIpc) is 2.52. The quantitative estimate of drug-likeness (QED) is 0.862. The number of nitriles is 1. The summed E-state index contributed by atoms with van der Waals surface area (Å²) in [5.74, 6) is -0.670. The van der Waals surface area contributed by atoms with Gasteiger partial charge in [0.05, 0.1) is 17.2 Å². The second-order valence-electron chi connectivity index (χ2n) is 4.76. The molecule has 0 saturated heterocycles. The molecule has 0 aliphatic carbocycles. The number of hydrogen-bond acceptors (Lipinski definition) is 4. The molecule has 0 heterocycles. The average molecular weight is 299 g/mol. The number of rotatable bonds is 5. The van der Waals surface area contributed by atoms with Crippen LogP contribution < -0.4 is 4.74 Å². The van der Waals surface area contributed by atoms with Gasteiger partial charge in [-0.15, -0.1) is 0 Å². The van der Waals surface area contributed by atoms with E-state index >= 15 is 0 Å². The van der Waals surface area contributed by atoms with Crippen molar-refractivity contribution in [3.05, 3.63) is 65.0 Å². The summed E-state index contributed by atoms with van der Waals surface area (Å²) in [7, 11) is 0. The fraction of sp³-hybridized carbons (Fsp3) is 0.176. The number of aliphatic hydroxyl groups is 1. The highest BCUT2D eigenvalue weighted by Gasteiger charge is 2.13. The molecule has 0 radical (unpaired) electrons. The van der Waals surface area contributed by atoms with E-state index in [1.807, 2.05) is 6.07 Å². The van der Waals surface area contributed by atoms with E-state index in [0.29, 0.717) is 11.1 Å². The lowest BCUT2D eigenvalue weighted by Gasteiger charge is -2.14. The Morgan fingerprint density at radius 2 is 2.00 bits per heavy atom. The standard InChI is InChI=1S/C17H14FNO3/c1-11(20)15-7-6-14(18)8-17(15)22-10-16(21)13-4-2-12(9-19)3-5-13/h2-8,16,21H,10H2,1H3. The Bertz CT molecular complexity index is 720. The summed E-state index contributed by atoms with van der Waals surface area (Å²) in [5, 5.41) is 18.8. The van der Waals surface area contributed by atoms with Crippen molar-refractivity contribution >= 4 is 5.78 Å². The second-order valence-corrected chi connectivity index (χ2v) is 4.76. The monoisotopic (exact) mass is 299 g/mol. The summed E-state index contributed by atoms with van der Waals surface area (Å²) in [6.45, 7) is 1.23. The Balaban J connectivity index is 2.10. The summed E-state index contributed by atoms with van der Waals surface area (Å²) in [5.41, 5.74) is 1.31. The third-order valence-electron chi connectivity index (χ3n) is 3.14. The minimum Gasteiger partial charge on any atom is -0.490 e. The fourth-order valence-electron chi connectivity index (χ4n) is 1.95. The van der Waals surface area contributed by atoms with Crippen molar-refractivity contribution in [2.75, 3.05) is 6.61 Å². The van der Waals surface area contributed by atoms with Crippen LogP contribution in [0.5, 0.6) is 5.75 Å². The predicted molar refractivity (Wildman–Crippen MR) is 78.0 cm³/mol. The number of Topliss-reactive ketones (excluding diaryl/α,β-unsaturated/α-hetero) is 1. The van der Waals surface area contributed by atoms with Gasteiger partial charge in [0.2, 0.25) is 0 Å². The van der Waals surface area contributed by atoms with E-state index in [1.54, 1.807) is 24.3 Å². The highest BCUT2D eigenvalue weighted by Crippen LogP contribution is 2.22. The molecular formula is C17H14FNO3. The molecule has 22 heavy (non-hydrogen) atoms. The number of benzene rings is 2. The van der Waals surface area contributed by atoms with Gasteiger partial charge in [-0.1, -0.05) is 12.1 Å². The van der Waals surface area contributed by atoms with Gasteiger partial charge in [-0.3, -0.25) is 4.79 Å². The van der Waals surface area contributed by atoms with E-state index in [0.717, 1.165) is 6.07 Å². The summed E-state index contributed by atoms with van der Waals surface area (Å²) >= 11 is 0. The molecule has 2 aromatic rings. The van der Waals surface area contributed by atoms with Crippen LogP contribution in [-0.2, 0) is 0 Å². The maximum atomic E-state index is 13.3. The van der Waals surface area contributed by atoms with Crippen molar-refractivity contribution in [2.24, 2.45) is 0 Å². The highest BCUT2D eigenvalue weighted by atomic mass is 19.1. The largest absolute Gasteiger partial charge is 0.490 e. The normalized spacial score (nSPS) is 11.5. The number of halogens is 1. The van der Waals surface area contributed by atoms with Gasteiger partial charge < -0.3 is 9.84 Å². The molecule has 4 nitrogen and oxygen atoms in total. The third kappa shape index (κ3) is 3.68. The zero-order chi connectivity index (χ0) is 16.1. The van der Waals surface area contributed by atoms with Gasteiger partial charge >= 0.3 is 0 Å². The molecule has 112 valence electrons. The number of ketones is 1. The molecule has 2 aromatic carbocycles. The number of aliphatic hydroxyl groups excluding tert-OH is 1. The molecule has 5 heteroatoms. The Labute approximate surface area is 127 Å². The van der Waals surface area contributed by atoms with Gasteiger partial charge in [-0.05, 0) is 36.8 Å². The fourth-order valence-corrected chi connectivity index (χ4v) is 1.95. The van der Waals surface area contributed by atoms with Crippen LogP contribution >= 0.6 is 0 Å². The molecule has 1 unspecified atom stereocenters. The van der Waals surface area contributed by atoms with Crippen LogP contribution in [0.2, 0.25) is 0 Å². The first-order valence-electron chi connectivity index (χ1n) is 6.62. The molecular weight excluding hydrogens is 285 g/mol. The number of carbonyl (C=O) groups is 1. The summed E-state index contributed by atoms with van der Waals surface area (Å²) in [6.07, 6.45) is -0.948. The van der Waals surface area contributed by atoms with Gasteiger partial charge in [0.15, 0.2) is 5.78 Å². The van der Waals surface area contributed by atoms with Crippen molar-refractivity contribution in [1.82, 2.24) is 0 Å². The highest BCUT2D eigenvalue weighted by molar-refractivity contribution is 5.96. The molecule has 0 aliphatic heterocycles. The molecule has 1 N–H and O–H groups in total. The molecule has 2 rings (SSSR count). The summed E-state index contributed by atoms with van der Waals surface area (Å²) < 4.78 is 18.6. The first kappa shape index (κ1) is 15.7. The van der Waals surface area contributed by atoms with Crippen LogP contribution in [0.15, 0.2) is 42.5 Å². The lowest BCUT2D eigenvalue weighted by atomic mass is 10.1. The number of ether oxygens (including phenoxy) is 1. The zero-order valence-corrected chi connectivity index (χ0v) is 11.9. The molecule has 0 amide bonds. The summed E-state index contributed by atoms with van der Waals surface area (Å²) in [6, 6.07) is 12.0. The summed E-state index contributed by atoms with van der Waals surface area (Å²) in [4.78, 5) is 11.5. The van der Waals surface area contributed by atoms with Crippen LogP contribution in [0.3, 0.4) is 0 Å². The maximum absolute atomic E-state index is 13.3. The first-order valence-corrected chi connectivity index (χ1v) is 6.62. The van der Waals surface area contributed by atoms with E-state index < -0.39 is 11.9 Å². The Hall–Kier alpha value is -2.71. The minimum absolute atomic E-state index is 0.0974. The van der Waals surface area contributed by atoms with Gasteiger partial charge in [0.25, 0.3) is 0 Å². The van der Waals surface area contributed by atoms with Gasteiger partial charge in [-0.2, -0.15) is 5.26 Å². The van der Waals surface area contributed by atoms with Crippen LogP contribution in [-0.4, -0.2) is 17.5 Å². The molecule has 0 fully saturated rings. The van der Waals surface area contributed by atoms with E-state index in [2.05, 4.69) is 0 Å². The van der Waals surface area contributed by atoms with Crippen LogP contribution in [0.25, 0.3) is 0 Å². The van der Waals surface area contributed by atoms with E-state index in [9.17, 15) is 14.3 Å². The van der Waals surface area contributed by atoms with Crippen molar-refractivity contribution in [2.45, 2.75) is 13.0 Å². The number of hydrogen-bond donors (Lipinski definition) is 1. The van der Waals surface area contributed by atoms with Crippen molar-refractivity contribution in [3.8, 4) is 11.8 Å². The van der Waals surface area contributed by atoms with E-state index in [4.69, 9.17) is 10.00 Å². The van der Waals surface area contributed by atoms with Crippen molar-refractivity contribution < 1.29 is 19.0 Å². The third-order valence-corrected chi connectivity index (χ3v) is 3.14. The topological polar surface area (TPSA) is 70.3 Å². The zero-order valence-electron chi connectivity index (χ0n) is 11.9. The molecule has 0 aliphatic rings. The SMILES string of the molecule is CC(=O)c1ccc(F)cc1OCC(O)c1ccc(C#N)cc1. The molecule has 0 spiro atoms. The number of carbonyl (C=O) groups excluding carboxylic acids is 1. The lowest BCUT2D eigenvalue weighted by molar-refractivity contribution is 0.0976. The Kier molecular flexibility index (Phi) is 4.87.